The van der Waals surface area contributed by atoms with Crippen molar-refractivity contribution in [2.75, 3.05) is 0 Å². The summed E-state index contributed by atoms with van der Waals surface area (Å²) in [4.78, 5) is 3.35. The lowest BCUT2D eigenvalue weighted by Crippen LogP contribution is -2.20. The van der Waals surface area contributed by atoms with E-state index in [-0.39, 0.29) is 11.5 Å². The zero-order chi connectivity index (χ0) is 23.6. The van der Waals surface area contributed by atoms with E-state index in [4.69, 9.17) is 5.73 Å². The molecule has 2 aromatic carbocycles. The van der Waals surface area contributed by atoms with Crippen molar-refractivity contribution in [1.29, 1.82) is 0 Å². The molecule has 3 N–H and O–H groups in total. The summed E-state index contributed by atoms with van der Waals surface area (Å²) in [6.45, 7) is 12.0. The van der Waals surface area contributed by atoms with E-state index in [0.717, 1.165) is 35.2 Å². The molecule has 33 heavy (non-hydrogen) atoms. The van der Waals surface area contributed by atoms with Gasteiger partial charge in [-0.2, -0.15) is 0 Å². The second-order valence-corrected chi connectivity index (χ2v) is 11.2. The predicted molar refractivity (Wildman–Crippen MR) is 138 cm³/mol. The van der Waals surface area contributed by atoms with Crippen LogP contribution in [0.15, 0.2) is 59.9 Å². The smallest absolute Gasteiger partial charge is 0.191 e. The first-order chi connectivity index (χ1) is 15.7. The number of fused-ring (bicyclic) bond motifs is 1. The molecule has 0 aliphatic rings. The molecule has 0 aliphatic heterocycles. The molecule has 0 fully saturated rings. The lowest BCUT2D eigenvalue weighted by molar-refractivity contribution is 0.464. The Kier molecular flexibility index (Phi) is 6.96. The van der Waals surface area contributed by atoms with Crippen LogP contribution in [-0.2, 0) is 24.1 Å². The lowest BCUT2D eigenvalue weighted by atomic mass is 9.87. The number of rotatable bonds is 8. The van der Waals surface area contributed by atoms with Crippen LogP contribution < -0.4 is 5.73 Å². The van der Waals surface area contributed by atoms with Crippen molar-refractivity contribution in [3.05, 3.63) is 77.2 Å². The van der Waals surface area contributed by atoms with Crippen LogP contribution in [0, 0.1) is 5.92 Å². The Morgan fingerprint density at radius 3 is 2.45 bits per heavy atom. The zero-order valence-corrected chi connectivity index (χ0v) is 21.1. The number of H-pyrrole nitrogens is 1. The molecular weight excluding hydrogens is 426 g/mol. The summed E-state index contributed by atoms with van der Waals surface area (Å²) in [7, 11) is 0. The van der Waals surface area contributed by atoms with Crippen molar-refractivity contribution in [2.45, 2.75) is 70.0 Å². The maximum absolute atomic E-state index is 6.69. The molecule has 4 aromatic rings. The van der Waals surface area contributed by atoms with E-state index >= 15 is 0 Å². The summed E-state index contributed by atoms with van der Waals surface area (Å²) >= 11 is 1.73. The summed E-state index contributed by atoms with van der Waals surface area (Å²) < 4.78 is 2.22. The fourth-order valence-electron chi connectivity index (χ4n) is 4.10. The average Bonchev–Trinajstić information content (AvgIpc) is 3.36. The van der Waals surface area contributed by atoms with Crippen molar-refractivity contribution >= 4 is 22.7 Å². The third-order valence-corrected chi connectivity index (χ3v) is 6.97. The summed E-state index contributed by atoms with van der Waals surface area (Å²) in [6.07, 6.45) is 2.78. The second-order valence-electron chi connectivity index (χ2n) is 10.3. The Morgan fingerprint density at radius 2 is 1.76 bits per heavy atom. The van der Waals surface area contributed by atoms with Crippen LogP contribution in [0.25, 0.3) is 10.9 Å². The number of nitrogens with zero attached hydrogens (tertiary/aromatic N) is 3. The van der Waals surface area contributed by atoms with E-state index in [0.29, 0.717) is 5.92 Å². The van der Waals surface area contributed by atoms with Gasteiger partial charge in [0.25, 0.3) is 0 Å². The van der Waals surface area contributed by atoms with Crippen molar-refractivity contribution in [2.24, 2.45) is 11.7 Å². The largest absolute Gasteiger partial charge is 0.361 e. The zero-order valence-electron chi connectivity index (χ0n) is 20.3. The first-order valence-electron chi connectivity index (χ1n) is 11.7. The van der Waals surface area contributed by atoms with E-state index < -0.39 is 0 Å². The van der Waals surface area contributed by atoms with Gasteiger partial charge in [0.05, 0.1) is 6.04 Å². The normalized spacial score (nSPS) is 13.2. The van der Waals surface area contributed by atoms with E-state index in [1.54, 1.807) is 11.8 Å². The van der Waals surface area contributed by atoms with Gasteiger partial charge in [0.2, 0.25) is 0 Å². The van der Waals surface area contributed by atoms with Gasteiger partial charge in [-0.05, 0) is 40.5 Å². The number of aromatic amines is 1. The van der Waals surface area contributed by atoms with Gasteiger partial charge in [0, 0.05) is 29.4 Å². The van der Waals surface area contributed by atoms with Gasteiger partial charge in [0.1, 0.15) is 0 Å². The monoisotopic (exact) mass is 461 g/mol. The van der Waals surface area contributed by atoms with Crippen molar-refractivity contribution in [3.8, 4) is 0 Å². The minimum Gasteiger partial charge on any atom is -0.361 e. The molecule has 4 rings (SSSR count). The molecule has 174 valence electrons. The standard InChI is InChI=1S/C27H35N5S/c1-18(2)16-32-25(23(28)14-20-15-29-24-9-7-6-8-22(20)24)30-31-26(32)33-17-19-10-12-21(13-11-19)27(3,4)5/h6-13,15,18,23,29H,14,16-17,28H2,1-5H3. The third kappa shape index (κ3) is 5.50. The molecule has 2 aromatic heterocycles. The molecule has 0 bridgehead atoms. The molecule has 0 amide bonds. The number of para-hydroxylation sites is 1. The highest BCUT2D eigenvalue weighted by Crippen LogP contribution is 2.28. The number of nitrogens with two attached hydrogens (primary N) is 1. The summed E-state index contributed by atoms with van der Waals surface area (Å²) in [5.74, 6) is 2.20. The number of nitrogens with one attached hydrogen (secondary N) is 1. The molecular formula is C27H35N5S. The molecule has 5 nitrogen and oxygen atoms in total. The summed E-state index contributed by atoms with van der Waals surface area (Å²) in [5, 5.41) is 11.2. The Morgan fingerprint density at radius 1 is 1.03 bits per heavy atom. The molecule has 1 atom stereocenters. The number of hydrogen-bond acceptors (Lipinski definition) is 4. The molecule has 0 radical (unpaired) electrons. The highest BCUT2D eigenvalue weighted by Gasteiger charge is 2.21. The fraction of sp³-hybridized carbons (Fsp3) is 0.407. The molecule has 0 spiro atoms. The minimum atomic E-state index is -0.212. The minimum absolute atomic E-state index is 0.166. The van der Waals surface area contributed by atoms with Gasteiger partial charge in [0.15, 0.2) is 11.0 Å². The Hall–Kier alpha value is -2.57. The molecule has 0 saturated heterocycles. The molecule has 0 saturated carbocycles. The molecule has 0 aliphatic carbocycles. The number of hydrogen-bond donors (Lipinski definition) is 2. The Balaban J connectivity index is 1.52. The first kappa shape index (κ1) is 23.6. The van der Waals surface area contributed by atoms with Gasteiger partial charge in [-0.25, -0.2) is 0 Å². The van der Waals surface area contributed by atoms with Crippen LogP contribution in [0.2, 0.25) is 0 Å². The van der Waals surface area contributed by atoms with Gasteiger partial charge in [-0.3, -0.25) is 0 Å². The first-order valence-corrected chi connectivity index (χ1v) is 12.7. The molecule has 1 unspecified atom stereocenters. The van der Waals surface area contributed by atoms with Crippen LogP contribution in [-0.4, -0.2) is 19.7 Å². The van der Waals surface area contributed by atoms with Crippen LogP contribution in [0.5, 0.6) is 0 Å². The topological polar surface area (TPSA) is 72.5 Å². The number of benzene rings is 2. The van der Waals surface area contributed by atoms with Crippen LogP contribution in [0.3, 0.4) is 0 Å². The van der Waals surface area contributed by atoms with Gasteiger partial charge < -0.3 is 15.3 Å². The van der Waals surface area contributed by atoms with E-state index in [1.807, 2.05) is 6.07 Å². The quantitative estimate of drug-likeness (QED) is 0.304. The lowest BCUT2D eigenvalue weighted by Gasteiger charge is -2.19. The van der Waals surface area contributed by atoms with Crippen LogP contribution in [0.4, 0.5) is 0 Å². The second kappa shape index (κ2) is 9.74. The van der Waals surface area contributed by atoms with Crippen molar-refractivity contribution in [1.82, 2.24) is 19.7 Å². The SMILES string of the molecule is CC(C)Cn1c(SCc2ccc(C(C)(C)C)cc2)nnc1C(N)Cc1c[nH]c2ccccc12. The maximum atomic E-state index is 6.69. The summed E-state index contributed by atoms with van der Waals surface area (Å²) in [5.41, 5.74) is 11.8. The predicted octanol–water partition coefficient (Wildman–Crippen LogP) is 6.25. The average molecular weight is 462 g/mol. The van der Waals surface area contributed by atoms with Crippen molar-refractivity contribution in [3.63, 3.8) is 0 Å². The molecule has 6 heteroatoms. The molecule has 2 heterocycles. The van der Waals surface area contributed by atoms with Gasteiger partial charge in [-0.15, -0.1) is 10.2 Å². The third-order valence-electron chi connectivity index (χ3n) is 5.93. The fourth-order valence-corrected chi connectivity index (χ4v) is 5.01. The number of aromatic nitrogens is 4. The Bertz CT molecular complexity index is 1200. The van der Waals surface area contributed by atoms with E-state index in [1.165, 1.54) is 22.1 Å². The van der Waals surface area contributed by atoms with Gasteiger partial charge >= 0.3 is 0 Å². The van der Waals surface area contributed by atoms with Crippen LogP contribution >= 0.6 is 11.8 Å². The van der Waals surface area contributed by atoms with Crippen LogP contribution in [0.1, 0.15) is 63.2 Å². The van der Waals surface area contributed by atoms with E-state index in [9.17, 15) is 0 Å². The van der Waals surface area contributed by atoms with E-state index in [2.05, 4.69) is 103 Å². The number of thioether (sulfide) groups is 1. The summed E-state index contributed by atoms with van der Waals surface area (Å²) in [6, 6.07) is 17.0. The maximum Gasteiger partial charge on any atom is 0.191 e. The Labute approximate surface area is 201 Å². The highest BCUT2D eigenvalue weighted by molar-refractivity contribution is 7.98. The van der Waals surface area contributed by atoms with Gasteiger partial charge in [-0.1, -0.05) is 88.8 Å². The highest BCUT2D eigenvalue weighted by atomic mass is 32.2. The van der Waals surface area contributed by atoms with Crippen molar-refractivity contribution < 1.29 is 0 Å².